The van der Waals surface area contributed by atoms with Crippen molar-refractivity contribution in [2.75, 3.05) is 31.6 Å². The van der Waals surface area contributed by atoms with Gasteiger partial charge in [-0.15, -0.1) is 0 Å². The molecule has 0 aromatic heterocycles. The Kier molecular flexibility index (Phi) is 7.04. The van der Waals surface area contributed by atoms with Gasteiger partial charge in [-0.3, -0.25) is 9.69 Å². The minimum absolute atomic E-state index is 0.0562. The van der Waals surface area contributed by atoms with Gasteiger partial charge in [-0.2, -0.15) is 0 Å². The molecule has 0 aliphatic carbocycles. The number of esters is 1. The second-order valence-corrected chi connectivity index (χ2v) is 7.52. The van der Waals surface area contributed by atoms with E-state index in [-0.39, 0.29) is 11.9 Å². The van der Waals surface area contributed by atoms with E-state index in [9.17, 15) is 9.59 Å². The Bertz CT molecular complexity index is 799. The van der Waals surface area contributed by atoms with E-state index in [1.54, 1.807) is 4.90 Å². The van der Waals surface area contributed by atoms with E-state index in [0.29, 0.717) is 19.3 Å². The molecule has 5 heteroatoms. The zero-order valence-electron chi connectivity index (χ0n) is 17.3. The first-order chi connectivity index (χ1) is 14.1. The van der Waals surface area contributed by atoms with Crippen LogP contribution in [0.25, 0.3) is 0 Å². The second kappa shape index (κ2) is 9.70. The summed E-state index contributed by atoms with van der Waals surface area (Å²) in [5.74, 6) is -0.384. The number of para-hydroxylation sites is 1. The van der Waals surface area contributed by atoms with Gasteiger partial charge in [0, 0.05) is 31.7 Å². The molecule has 0 atom stereocenters. The second-order valence-electron chi connectivity index (χ2n) is 7.52. The molecule has 1 saturated heterocycles. The van der Waals surface area contributed by atoms with Crippen molar-refractivity contribution in [2.45, 2.75) is 38.1 Å². The van der Waals surface area contributed by atoms with Gasteiger partial charge in [0.1, 0.15) is 5.54 Å². The van der Waals surface area contributed by atoms with Crippen LogP contribution in [0.2, 0.25) is 0 Å². The van der Waals surface area contributed by atoms with Crippen LogP contribution in [0.1, 0.15) is 31.7 Å². The molecule has 0 N–H and O–H groups in total. The third-order valence-electron chi connectivity index (χ3n) is 5.80. The summed E-state index contributed by atoms with van der Waals surface area (Å²) < 4.78 is 5.20. The summed E-state index contributed by atoms with van der Waals surface area (Å²) in [6, 6.07) is 19.9. The Morgan fingerprint density at radius 1 is 1.00 bits per heavy atom. The first kappa shape index (κ1) is 21.1. The minimum Gasteiger partial charge on any atom is -0.467 e. The lowest BCUT2D eigenvalue weighted by atomic mass is 9.85. The Morgan fingerprint density at radius 2 is 1.59 bits per heavy atom. The number of hydrogen-bond donors (Lipinski definition) is 0. The Hall–Kier alpha value is -2.66. The van der Waals surface area contributed by atoms with E-state index in [0.717, 1.165) is 31.7 Å². The van der Waals surface area contributed by atoms with E-state index in [2.05, 4.69) is 29.2 Å². The van der Waals surface area contributed by atoms with Crippen molar-refractivity contribution in [3.63, 3.8) is 0 Å². The molecule has 1 fully saturated rings. The van der Waals surface area contributed by atoms with Gasteiger partial charge in [0.05, 0.1) is 7.11 Å². The van der Waals surface area contributed by atoms with Gasteiger partial charge in [0.25, 0.3) is 0 Å². The van der Waals surface area contributed by atoms with Crippen LogP contribution in [-0.2, 0) is 20.7 Å². The summed E-state index contributed by atoms with van der Waals surface area (Å²) in [4.78, 5) is 30.0. The van der Waals surface area contributed by atoms with Crippen LogP contribution in [0.4, 0.5) is 5.69 Å². The Morgan fingerprint density at radius 3 is 2.14 bits per heavy atom. The number of carbonyl (C=O) groups is 2. The lowest BCUT2D eigenvalue weighted by molar-refractivity contribution is -0.151. The topological polar surface area (TPSA) is 49.9 Å². The number of nitrogens with zero attached hydrogens (tertiary/aromatic N) is 2. The quantitative estimate of drug-likeness (QED) is 0.666. The molecule has 0 bridgehead atoms. The van der Waals surface area contributed by atoms with Crippen LogP contribution < -0.4 is 4.90 Å². The maximum absolute atomic E-state index is 13.0. The molecule has 154 valence electrons. The fourth-order valence-corrected chi connectivity index (χ4v) is 4.15. The highest BCUT2D eigenvalue weighted by Gasteiger charge is 2.49. The number of hydrogen-bond acceptors (Lipinski definition) is 4. The zero-order chi connectivity index (χ0) is 20.7. The Balaban J connectivity index is 1.79. The molecule has 0 spiro atoms. The lowest BCUT2D eigenvalue weighted by Gasteiger charge is -2.46. The predicted octanol–water partition coefficient (Wildman–Crippen LogP) is 3.68. The van der Waals surface area contributed by atoms with Gasteiger partial charge in [-0.05, 0) is 37.0 Å². The fourth-order valence-electron chi connectivity index (χ4n) is 4.15. The van der Waals surface area contributed by atoms with E-state index >= 15 is 0 Å². The number of likely N-dealkylation sites (tertiary alicyclic amines) is 1. The molecule has 1 aliphatic heterocycles. The zero-order valence-corrected chi connectivity index (χ0v) is 17.3. The van der Waals surface area contributed by atoms with Crippen molar-refractivity contribution < 1.29 is 14.3 Å². The summed E-state index contributed by atoms with van der Waals surface area (Å²) in [7, 11) is 1.41. The Labute approximate surface area is 173 Å². The maximum Gasteiger partial charge on any atom is 0.332 e. The fraction of sp³-hybridized carbons (Fsp3) is 0.417. The number of amides is 1. The molecule has 0 saturated carbocycles. The summed E-state index contributed by atoms with van der Waals surface area (Å²) in [6.07, 6.45) is 2.44. The van der Waals surface area contributed by atoms with Crippen molar-refractivity contribution in [1.29, 1.82) is 0 Å². The summed E-state index contributed by atoms with van der Waals surface area (Å²) in [5.41, 5.74) is 1.11. The number of benzene rings is 2. The standard InChI is InChI=1S/C24H30N2O3/c1-3-22(27)26(21-12-8-5-9-13-21)24(23(28)29-2)15-18-25(19-16-24)17-14-20-10-6-4-7-11-20/h4-13H,3,14-19H2,1-2H3/i5+1,8+1,9+1,12+1,13+1,21+1. The molecule has 5 nitrogen and oxygen atoms in total. The van der Waals surface area contributed by atoms with Gasteiger partial charge in [-0.25, -0.2) is 4.79 Å². The monoisotopic (exact) mass is 400 g/mol. The van der Waals surface area contributed by atoms with E-state index in [4.69, 9.17) is 4.74 Å². The van der Waals surface area contributed by atoms with Crippen LogP contribution in [0.5, 0.6) is 0 Å². The third-order valence-corrected chi connectivity index (χ3v) is 5.80. The molecule has 0 radical (unpaired) electrons. The van der Waals surface area contributed by atoms with Gasteiger partial charge in [-0.1, -0.05) is 55.5 Å². The average Bonchev–Trinajstić information content (AvgIpc) is 2.79. The molecule has 1 aliphatic rings. The summed E-state index contributed by atoms with van der Waals surface area (Å²) in [6.45, 7) is 4.27. The van der Waals surface area contributed by atoms with E-state index in [1.165, 1.54) is 12.7 Å². The molecule has 29 heavy (non-hydrogen) atoms. The van der Waals surface area contributed by atoms with Crippen molar-refractivity contribution >= 4 is 17.6 Å². The van der Waals surface area contributed by atoms with Gasteiger partial charge in [0.2, 0.25) is 5.91 Å². The summed E-state index contributed by atoms with van der Waals surface area (Å²) >= 11 is 0. The summed E-state index contributed by atoms with van der Waals surface area (Å²) in [5, 5.41) is 0. The average molecular weight is 400 g/mol. The number of methoxy groups -OCH3 is 1. The number of ether oxygens (including phenoxy) is 1. The van der Waals surface area contributed by atoms with Gasteiger partial charge in [0.15, 0.2) is 0 Å². The highest BCUT2D eigenvalue weighted by molar-refractivity contribution is 6.02. The van der Waals surface area contributed by atoms with Crippen molar-refractivity contribution in [3.05, 3.63) is 66.2 Å². The SMILES string of the molecule is CCC(=O)N([13c]1[13cH][13cH][13cH][13cH][13cH]1)C1(C(=O)OC)CCN(CCc2ccccc2)CC1. The molecular formula is C24H30N2O3. The molecule has 2 aromatic carbocycles. The highest BCUT2D eigenvalue weighted by Crippen LogP contribution is 2.35. The normalized spacial score (nSPS) is 16.2. The van der Waals surface area contributed by atoms with E-state index in [1.807, 2.05) is 43.3 Å². The van der Waals surface area contributed by atoms with Crippen molar-refractivity contribution in [2.24, 2.45) is 0 Å². The molecular weight excluding hydrogens is 370 g/mol. The first-order valence-electron chi connectivity index (χ1n) is 10.3. The minimum atomic E-state index is -0.952. The van der Waals surface area contributed by atoms with Crippen LogP contribution in [0.15, 0.2) is 60.7 Å². The highest BCUT2D eigenvalue weighted by atomic mass is 16.5. The van der Waals surface area contributed by atoms with Crippen LogP contribution >= 0.6 is 0 Å². The molecule has 3 rings (SSSR count). The number of piperidine rings is 1. The first-order valence-corrected chi connectivity index (χ1v) is 10.3. The molecule has 2 aromatic rings. The van der Waals surface area contributed by atoms with Crippen molar-refractivity contribution in [1.82, 2.24) is 4.90 Å². The number of rotatable bonds is 7. The van der Waals surface area contributed by atoms with Gasteiger partial charge < -0.3 is 9.64 Å². The maximum atomic E-state index is 13.0. The lowest BCUT2D eigenvalue weighted by Crippen LogP contribution is -2.62. The van der Waals surface area contributed by atoms with Gasteiger partial charge >= 0.3 is 5.97 Å². The number of carbonyl (C=O) groups excluding carboxylic acids is 2. The smallest absolute Gasteiger partial charge is 0.332 e. The van der Waals surface area contributed by atoms with Crippen LogP contribution in [0.3, 0.4) is 0 Å². The third kappa shape index (κ3) is 4.67. The molecule has 1 heterocycles. The molecule has 1 amide bonds. The number of anilines is 1. The van der Waals surface area contributed by atoms with Crippen molar-refractivity contribution in [3.8, 4) is 0 Å². The molecule has 0 unspecified atom stereocenters. The van der Waals surface area contributed by atoms with Crippen LogP contribution in [-0.4, -0.2) is 49.1 Å². The van der Waals surface area contributed by atoms with E-state index < -0.39 is 5.54 Å². The predicted molar refractivity (Wildman–Crippen MR) is 115 cm³/mol. The largest absolute Gasteiger partial charge is 0.467 e. The van der Waals surface area contributed by atoms with Crippen LogP contribution in [0, 0.1) is 0 Å².